The standard InChI is InChI=1S/C17H15BrN4OS2/c1-2-5-15-21-22-17(25-15)20-16(23)12-6-3-4-7-13(12)24-14-9-8-11(18)10-19-14/h3-4,6-10H,2,5H2,1H3,(H,20,22,23). The van der Waals surface area contributed by atoms with E-state index in [4.69, 9.17) is 0 Å². The number of benzene rings is 1. The van der Waals surface area contributed by atoms with E-state index in [-0.39, 0.29) is 5.91 Å². The van der Waals surface area contributed by atoms with Crippen molar-refractivity contribution in [1.29, 1.82) is 0 Å². The van der Waals surface area contributed by atoms with Crippen molar-refractivity contribution in [3.05, 3.63) is 57.6 Å². The fourth-order valence-electron chi connectivity index (χ4n) is 2.06. The highest BCUT2D eigenvalue weighted by Gasteiger charge is 2.15. The molecule has 3 rings (SSSR count). The Kier molecular flexibility index (Phi) is 6.17. The van der Waals surface area contributed by atoms with E-state index in [9.17, 15) is 4.79 Å². The molecule has 0 saturated carbocycles. The number of carbonyl (C=O) groups is 1. The lowest BCUT2D eigenvalue weighted by molar-refractivity contribution is 0.102. The number of anilines is 1. The van der Waals surface area contributed by atoms with E-state index in [0.29, 0.717) is 10.7 Å². The van der Waals surface area contributed by atoms with Gasteiger partial charge in [0.1, 0.15) is 10.0 Å². The van der Waals surface area contributed by atoms with Crippen LogP contribution in [0.1, 0.15) is 28.7 Å². The van der Waals surface area contributed by atoms with Crippen LogP contribution in [0.25, 0.3) is 0 Å². The van der Waals surface area contributed by atoms with E-state index in [1.165, 1.54) is 23.1 Å². The van der Waals surface area contributed by atoms with Crippen LogP contribution >= 0.6 is 39.0 Å². The highest BCUT2D eigenvalue weighted by molar-refractivity contribution is 9.10. The summed E-state index contributed by atoms with van der Waals surface area (Å²) in [6.07, 6.45) is 3.61. The monoisotopic (exact) mass is 434 g/mol. The number of pyridine rings is 1. The maximum atomic E-state index is 12.6. The number of nitrogens with one attached hydrogen (secondary N) is 1. The van der Waals surface area contributed by atoms with Crippen LogP contribution in [0.5, 0.6) is 0 Å². The van der Waals surface area contributed by atoms with E-state index in [2.05, 4.69) is 43.4 Å². The van der Waals surface area contributed by atoms with Gasteiger partial charge in [-0.15, -0.1) is 10.2 Å². The van der Waals surface area contributed by atoms with Crippen LogP contribution in [0, 0.1) is 0 Å². The van der Waals surface area contributed by atoms with Gasteiger partial charge in [-0.25, -0.2) is 4.98 Å². The van der Waals surface area contributed by atoms with Gasteiger partial charge in [-0.1, -0.05) is 42.2 Å². The Morgan fingerprint density at radius 3 is 2.84 bits per heavy atom. The van der Waals surface area contributed by atoms with Crippen molar-refractivity contribution in [2.75, 3.05) is 5.32 Å². The topological polar surface area (TPSA) is 67.8 Å². The van der Waals surface area contributed by atoms with Crippen LogP contribution in [0.2, 0.25) is 0 Å². The number of hydrogen-bond acceptors (Lipinski definition) is 6. The molecule has 5 nitrogen and oxygen atoms in total. The Balaban J connectivity index is 1.76. The predicted octanol–water partition coefficient (Wildman–Crippen LogP) is 5.05. The first-order valence-corrected chi connectivity index (χ1v) is 10.1. The van der Waals surface area contributed by atoms with Gasteiger partial charge in [-0.05, 0) is 46.6 Å². The van der Waals surface area contributed by atoms with Gasteiger partial charge in [0.2, 0.25) is 5.13 Å². The summed E-state index contributed by atoms with van der Waals surface area (Å²) in [6, 6.07) is 11.3. The molecular weight excluding hydrogens is 420 g/mol. The van der Waals surface area contributed by atoms with E-state index in [1.807, 2.05) is 30.3 Å². The quantitative estimate of drug-likeness (QED) is 0.587. The average molecular weight is 435 g/mol. The summed E-state index contributed by atoms with van der Waals surface area (Å²) in [5, 5.41) is 13.2. The van der Waals surface area contributed by atoms with Gasteiger partial charge in [-0.3, -0.25) is 10.1 Å². The molecule has 1 amide bonds. The number of halogens is 1. The maximum Gasteiger partial charge on any atom is 0.258 e. The normalized spacial score (nSPS) is 10.6. The van der Waals surface area contributed by atoms with Gasteiger partial charge >= 0.3 is 0 Å². The summed E-state index contributed by atoms with van der Waals surface area (Å²) < 4.78 is 0.919. The molecule has 2 heterocycles. The first-order chi connectivity index (χ1) is 12.2. The number of aromatic nitrogens is 3. The molecule has 25 heavy (non-hydrogen) atoms. The minimum Gasteiger partial charge on any atom is -0.296 e. The van der Waals surface area contributed by atoms with E-state index >= 15 is 0 Å². The van der Waals surface area contributed by atoms with Gasteiger partial charge in [0.05, 0.1) is 5.56 Å². The Hall–Kier alpha value is -1.77. The summed E-state index contributed by atoms with van der Waals surface area (Å²) >= 11 is 6.23. The van der Waals surface area contributed by atoms with E-state index in [1.54, 1.807) is 12.3 Å². The SMILES string of the molecule is CCCc1nnc(NC(=O)c2ccccc2Sc2ccc(Br)cn2)s1. The molecule has 0 radical (unpaired) electrons. The van der Waals surface area contributed by atoms with Crippen LogP contribution < -0.4 is 5.32 Å². The van der Waals surface area contributed by atoms with Crippen molar-refractivity contribution in [2.45, 2.75) is 29.7 Å². The minimum atomic E-state index is -0.195. The lowest BCUT2D eigenvalue weighted by Crippen LogP contribution is -2.12. The van der Waals surface area contributed by atoms with Gasteiger partial charge < -0.3 is 0 Å². The molecule has 2 aromatic heterocycles. The predicted molar refractivity (Wildman–Crippen MR) is 104 cm³/mol. The zero-order valence-corrected chi connectivity index (χ0v) is 16.6. The second kappa shape index (κ2) is 8.55. The van der Waals surface area contributed by atoms with Crippen molar-refractivity contribution in [2.24, 2.45) is 0 Å². The summed E-state index contributed by atoms with van der Waals surface area (Å²) in [5.74, 6) is -0.195. The summed E-state index contributed by atoms with van der Waals surface area (Å²) in [5.41, 5.74) is 0.587. The zero-order valence-electron chi connectivity index (χ0n) is 13.4. The van der Waals surface area contributed by atoms with Crippen LogP contribution in [0.4, 0.5) is 5.13 Å². The van der Waals surface area contributed by atoms with Crippen LogP contribution in [-0.4, -0.2) is 21.1 Å². The maximum absolute atomic E-state index is 12.6. The Morgan fingerprint density at radius 2 is 2.08 bits per heavy atom. The fraction of sp³-hybridized carbons (Fsp3) is 0.176. The lowest BCUT2D eigenvalue weighted by Gasteiger charge is -2.08. The molecule has 0 aliphatic rings. The number of hydrogen-bond donors (Lipinski definition) is 1. The summed E-state index contributed by atoms with van der Waals surface area (Å²) in [6.45, 7) is 2.09. The number of aryl methyl sites for hydroxylation is 1. The first kappa shape index (κ1) is 18.0. The van der Waals surface area contributed by atoms with Crippen molar-refractivity contribution >= 4 is 50.1 Å². The van der Waals surface area contributed by atoms with Crippen molar-refractivity contribution < 1.29 is 4.79 Å². The molecule has 1 aromatic carbocycles. The molecular formula is C17H15BrN4OS2. The zero-order chi connectivity index (χ0) is 17.6. The Morgan fingerprint density at radius 1 is 1.24 bits per heavy atom. The Bertz CT molecular complexity index is 867. The number of carbonyl (C=O) groups excluding carboxylic acids is 1. The molecule has 0 aliphatic carbocycles. The van der Waals surface area contributed by atoms with Crippen molar-refractivity contribution in [1.82, 2.24) is 15.2 Å². The largest absolute Gasteiger partial charge is 0.296 e. The lowest BCUT2D eigenvalue weighted by atomic mass is 10.2. The second-order valence-electron chi connectivity index (χ2n) is 5.12. The van der Waals surface area contributed by atoms with Gasteiger partial charge in [0.15, 0.2) is 0 Å². The van der Waals surface area contributed by atoms with Crippen molar-refractivity contribution in [3.8, 4) is 0 Å². The minimum absolute atomic E-state index is 0.195. The van der Waals surface area contributed by atoms with Crippen molar-refractivity contribution in [3.63, 3.8) is 0 Å². The summed E-state index contributed by atoms with van der Waals surface area (Å²) in [4.78, 5) is 17.8. The molecule has 0 unspecified atom stereocenters. The first-order valence-electron chi connectivity index (χ1n) is 7.68. The molecule has 0 atom stereocenters. The molecule has 1 N–H and O–H groups in total. The third-order valence-corrected chi connectivity index (χ3v) is 5.59. The number of nitrogens with zero attached hydrogens (tertiary/aromatic N) is 3. The van der Waals surface area contributed by atoms with Gasteiger partial charge in [-0.2, -0.15) is 0 Å². The fourth-order valence-corrected chi connectivity index (χ4v) is 4.02. The molecule has 128 valence electrons. The highest BCUT2D eigenvalue weighted by atomic mass is 79.9. The Labute approximate surface area is 162 Å². The average Bonchev–Trinajstić information content (AvgIpc) is 3.05. The third kappa shape index (κ3) is 4.87. The smallest absolute Gasteiger partial charge is 0.258 e. The molecule has 3 aromatic rings. The molecule has 0 fully saturated rings. The van der Waals surface area contributed by atoms with Crippen LogP contribution in [-0.2, 0) is 6.42 Å². The van der Waals surface area contributed by atoms with Crippen LogP contribution in [0.3, 0.4) is 0 Å². The highest BCUT2D eigenvalue weighted by Crippen LogP contribution is 2.30. The molecule has 0 spiro atoms. The number of rotatable bonds is 6. The third-order valence-electron chi connectivity index (χ3n) is 3.20. The molecule has 0 saturated heterocycles. The van der Waals surface area contributed by atoms with Gasteiger partial charge in [0, 0.05) is 22.0 Å². The van der Waals surface area contributed by atoms with E-state index < -0.39 is 0 Å². The van der Waals surface area contributed by atoms with Crippen LogP contribution in [0.15, 0.2) is 57.0 Å². The number of amides is 1. The molecule has 8 heteroatoms. The second-order valence-corrected chi connectivity index (χ2v) is 8.16. The summed E-state index contributed by atoms with van der Waals surface area (Å²) in [7, 11) is 0. The van der Waals surface area contributed by atoms with Gasteiger partial charge in [0.25, 0.3) is 5.91 Å². The molecule has 0 aliphatic heterocycles. The molecule has 0 bridgehead atoms. The van der Waals surface area contributed by atoms with E-state index in [0.717, 1.165) is 32.2 Å².